The lowest BCUT2D eigenvalue weighted by Gasteiger charge is -2.09. The third-order valence-electron chi connectivity index (χ3n) is 3.50. The Balaban J connectivity index is 1.80. The lowest BCUT2D eigenvalue weighted by atomic mass is 10.0. The van der Waals surface area contributed by atoms with Crippen LogP contribution < -0.4 is 5.32 Å². The molecule has 1 aliphatic carbocycles. The first kappa shape index (κ1) is 14.0. The third-order valence-corrected chi connectivity index (χ3v) is 4.54. The smallest absolute Gasteiger partial charge is 0.306 e. The first-order valence-corrected chi connectivity index (χ1v) is 7.42. The zero-order chi connectivity index (χ0) is 13.8. The van der Waals surface area contributed by atoms with Crippen molar-refractivity contribution in [2.24, 2.45) is 11.8 Å². The van der Waals surface area contributed by atoms with E-state index in [1.807, 2.05) is 12.3 Å². The first-order valence-electron chi connectivity index (χ1n) is 6.54. The SMILES string of the molecule is CCc1nc(CNC(=O)[C@@H]2CC[C@H](C(=O)O)C2)cs1. The van der Waals surface area contributed by atoms with Gasteiger partial charge >= 0.3 is 5.97 Å². The predicted octanol–water partition coefficient (Wildman–Crippen LogP) is 1.82. The molecule has 0 aromatic carbocycles. The van der Waals surface area contributed by atoms with Gasteiger partial charge in [0.05, 0.1) is 23.2 Å². The maximum atomic E-state index is 11.9. The van der Waals surface area contributed by atoms with E-state index in [9.17, 15) is 9.59 Å². The van der Waals surface area contributed by atoms with Crippen molar-refractivity contribution in [3.05, 3.63) is 16.1 Å². The topological polar surface area (TPSA) is 79.3 Å². The van der Waals surface area contributed by atoms with E-state index < -0.39 is 5.97 Å². The lowest BCUT2D eigenvalue weighted by molar-refractivity contribution is -0.141. The number of nitrogens with zero attached hydrogens (tertiary/aromatic N) is 1. The van der Waals surface area contributed by atoms with Gasteiger partial charge < -0.3 is 10.4 Å². The maximum absolute atomic E-state index is 11.9. The molecule has 0 aliphatic heterocycles. The predicted molar refractivity (Wildman–Crippen MR) is 71.8 cm³/mol. The summed E-state index contributed by atoms with van der Waals surface area (Å²) in [6.07, 6.45) is 2.63. The summed E-state index contributed by atoms with van der Waals surface area (Å²) in [5.74, 6) is -1.36. The van der Waals surface area contributed by atoms with Gasteiger partial charge in [-0.05, 0) is 25.7 Å². The maximum Gasteiger partial charge on any atom is 0.306 e. The van der Waals surface area contributed by atoms with Crippen LogP contribution in [-0.4, -0.2) is 22.0 Å². The van der Waals surface area contributed by atoms with E-state index in [1.54, 1.807) is 11.3 Å². The minimum Gasteiger partial charge on any atom is -0.481 e. The zero-order valence-electron chi connectivity index (χ0n) is 10.9. The van der Waals surface area contributed by atoms with Gasteiger partial charge in [0.2, 0.25) is 5.91 Å². The van der Waals surface area contributed by atoms with Crippen LogP contribution in [0.4, 0.5) is 0 Å². The fraction of sp³-hybridized carbons (Fsp3) is 0.615. The Hall–Kier alpha value is -1.43. The molecule has 6 heteroatoms. The van der Waals surface area contributed by atoms with Gasteiger partial charge in [-0.2, -0.15) is 0 Å². The molecule has 0 bridgehead atoms. The van der Waals surface area contributed by atoms with Gasteiger partial charge in [0.15, 0.2) is 0 Å². The summed E-state index contributed by atoms with van der Waals surface area (Å²) in [5, 5.41) is 14.8. The second kappa shape index (κ2) is 6.14. The fourth-order valence-electron chi connectivity index (χ4n) is 2.36. The normalized spacial score (nSPS) is 22.4. The van der Waals surface area contributed by atoms with Crippen molar-refractivity contribution in [2.45, 2.75) is 39.2 Å². The van der Waals surface area contributed by atoms with Crippen LogP contribution in [0.5, 0.6) is 0 Å². The first-order chi connectivity index (χ1) is 9.10. The number of aryl methyl sites for hydroxylation is 1. The van der Waals surface area contributed by atoms with Gasteiger partial charge in [-0.25, -0.2) is 4.98 Å². The number of aliphatic carboxylic acids is 1. The molecule has 0 unspecified atom stereocenters. The number of aromatic nitrogens is 1. The molecule has 1 aromatic heterocycles. The average Bonchev–Trinajstić information content (AvgIpc) is 3.04. The number of amides is 1. The second-order valence-corrected chi connectivity index (χ2v) is 5.79. The van der Waals surface area contributed by atoms with Gasteiger partial charge in [0.1, 0.15) is 0 Å². The molecule has 1 heterocycles. The highest BCUT2D eigenvalue weighted by molar-refractivity contribution is 7.09. The molecule has 1 amide bonds. The van der Waals surface area contributed by atoms with Crippen molar-refractivity contribution < 1.29 is 14.7 Å². The summed E-state index contributed by atoms with van der Waals surface area (Å²) in [4.78, 5) is 27.2. The zero-order valence-corrected chi connectivity index (χ0v) is 11.7. The minimum atomic E-state index is -0.789. The second-order valence-electron chi connectivity index (χ2n) is 4.85. The van der Waals surface area contributed by atoms with Crippen LogP contribution in [-0.2, 0) is 22.6 Å². The minimum absolute atomic E-state index is 0.0465. The molecule has 2 atom stereocenters. The highest BCUT2D eigenvalue weighted by Gasteiger charge is 2.33. The Morgan fingerprint density at radius 1 is 1.47 bits per heavy atom. The molecule has 1 aliphatic rings. The Bertz CT molecular complexity index is 472. The van der Waals surface area contributed by atoms with E-state index in [2.05, 4.69) is 10.3 Å². The van der Waals surface area contributed by atoms with Crippen LogP contribution in [0.1, 0.15) is 36.9 Å². The number of thiazole rings is 1. The van der Waals surface area contributed by atoms with Crippen molar-refractivity contribution in [1.82, 2.24) is 10.3 Å². The van der Waals surface area contributed by atoms with Gasteiger partial charge in [-0.3, -0.25) is 9.59 Å². The Labute approximate surface area is 116 Å². The van der Waals surface area contributed by atoms with E-state index in [0.717, 1.165) is 17.1 Å². The van der Waals surface area contributed by atoms with Crippen LogP contribution in [0, 0.1) is 11.8 Å². The molecular formula is C13H18N2O3S. The lowest BCUT2D eigenvalue weighted by Crippen LogP contribution is -2.29. The van der Waals surface area contributed by atoms with Crippen molar-refractivity contribution >= 4 is 23.2 Å². The van der Waals surface area contributed by atoms with Crippen molar-refractivity contribution in [1.29, 1.82) is 0 Å². The van der Waals surface area contributed by atoms with E-state index >= 15 is 0 Å². The molecule has 0 saturated heterocycles. The van der Waals surface area contributed by atoms with Gasteiger partial charge in [0, 0.05) is 11.3 Å². The molecule has 1 saturated carbocycles. The number of carbonyl (C=O) groups is 2. The summed E-state index contributed by atoms with van der Waals surface area (Å²) in [5.41, 5.74) is 0.878. The molecule has 104 valence electrons. The summed E-state index contributed by atoms with van der Waals surface area (Å²) in [6.45, 7) is 2.48. The van der Waals surface area contributed by atoms with Gasteiger partial charge in [-0.1, -0.05) is 6.92 Å². The standard InChI is InChI=1S/C13H18N2O3S/c1-2-11-15-10(7-19-11)6-14-12(16)8-3-4-9(5-8)13(17)18/h7-9H,2-6H2,1H3,(H,14,16)(H,17,18)/t8-,9+/m1/s1. The number of nitrogens with one attached hydrogen (secondary N) is 1. The molecule has 2 N–H and O–H groups in total. The van der Waals surface area contributed by atoms with Gasteiger partial charge in [-0.15, -0.1) is 11.3 Å². The van der Waals surface area contributed by atoms with Crippen LogP contribution in [0.25, 0.3) is 0 Å². The fourth-order valence-corrected chi connectivity index (χ4v) is 3.10. The van der Waals surface area contributed by atoms with E-state index in [4.69, 9.17) is 5.11 Å². The van der Waals surface area contributed by atoms with E-state index in [0.29, 0.717) is 25.8 Å². The summed E-state index contributed by atoms with van der Waals surface area (Å²) < 4.78 is 0. The quantitative estimate of drug-likeness (QED) is 0.863. The summed E-state index contributed by atoms with van der Waals surface area (Å²) >= 11 is 1.60. The molecule has 19 heavy (non-hydrogen) atoms. The average molecular weight is 282 g/mol. The van der Waals surface area contributed by atoms with Crippen molar-refractivity contribution in [2.75, 3.05) is 0 Å². The van der Waals surface area contributed by atoms with Crippen LogP contribution in [0.15, 0.2) is 5.38 Å². The van der Waals surface area contributed by atoms with Crippen LogP contribution in [0.3, 0.4) is 0 Å². The van der Waals surface area contributed by atoms with Gasteiger partial charge in [0.25, 0.3) is 0 Å². The molecule has 2 rings (SSSR count). The van der Waals surface area contributed by atoms with Crippen LogP contribution in [0.2, 0.25) is 0 Å². The van der Waals surface area contributed by atoms with E-state index in [1.165, 1.54) is 0 Å². The molecular weight excluding hydrogens is 264 g/mol. The van der Waals surface area contributed by atoms with Crippen molar-refractivity contribution in [3.8, 4) is 0 Å². The monoisotopic (exact) mass is 282 g/mol. The molecule has 0 radical (unpaired) electrons. The number of hydrogen-bond donors (Lipinski definition) is 2. The molecule has 0 spiro atoms. The largest absolute Gasteiger partial charge is 0.481 e. The van der Waals surface area contributed by atoms with Crippen molar-refractivity contribution in [3.63, 3.8) is 0 Å². The number of carboxylic acid groups (broad SMARTS) is 1. The van der Waals surface area contributed by atoms with E-state index in [-0.39, 0.29) is 17.7 Å². The Kier molecular flexibility index (Phi) is 4.52. The summed E-state index contributed by atoms with van der Waals surface area (Å²) in [7, 11) is 0. The number of carbonyl (C=O) groups excluding carboxylic acids is 1. The molecule has 5 nitrogen and oxygen atoms in total. The highest BCUT2D eigenvalue weighted by atomic mass is 32.1. The number of rotatable bonds is 5. The Morgan fingerprint density at radius 2 is 2.21 bits per heavy atom. The van der Waals surface area contributed by atoms with Crippen LogP contribution >= 0.6 is 11.3 Å². The number of hydrogen-bond acceptors (Lipinski definition) is 4. The third kappa shape index (κ3) is 3.53. The number of carboxylic acids is 1. The highest BCUT2D eigenvalue weighted by Crippen LogP contribution is 2.31. The molecule has 1 aromatic rings. The molecule has 1 fully saturated rings. The summed E-state index contributed by atoms with van der Waals surface area (Å²) in [6, 6.07) is 0. The Morgan fingerprint density at radius 3 is 2.79 bits per heavy atom.